The molecule has 2 heterocycles. The van der Waals surface area contributed by atoms with E-state index in [4.69, 9.17) is 4.74 Å². The molecule has 0 saturated carbocycles. The van der Waals surface area contributed by atoms with E-state index in [1.54, 1.807) is 39.0 Å². The third-order valence-corrected chi connectivity index (χ3v) is 6.34. The van der Waals surface area contributed by atoms with Gasteiger partial charge in [-0.15, -0.1) is 0 Å². The summed E-state index contributed by atoms with van der Waals surface area (Å²) in [6.45, 7) is 5.15. The van der Waals surface area contributed by atoms with Crippen LogP contribution in [0.2, 0.25) is 0 Å². The highest BCUT2D eigenvalue weighted by atomic mass is 32.1. The number of hydrogen-bond donors (Lipinski definition) is 0. The van der Waals surface area contributed by atoms with E-state index in [1.807, 2.05) is 30.3 Å². The Morgan fingerprint density at radius 3 is 2.64 bits per heavy atom. The number of benzene rings is 2. The molecule has 1 aliphatic rings. The number of aryl methyl sites for hydroxylation is 1. The lowest BCUT2D eigenvalue weighted by Crippen LogP contribution is -2.40. The SMILES string of the molecule is CCOC(=O)C1=C(C)N=c2s/c(=C/c3ccccc3)c(=O)n2[C@H]1c1ccc(C)c([N+](=O)[O-])c1. The summed E-state index contributed by atoms with van der Waals surface area (Å²) in [4.78, 5) is 42.4. The number of esters is 1. The van der Waals surface area contributed by atoms with Crippen LogP contribution in [0.4, 0.5) is 5.69 Å². The first-order chi connectivity index (χ1) is 15.8. The fraction of sp³-hybridized carbons (Fsp3) is 0.208. The minimum absolute atomic E-state index is 0.0863. The van der Waals surface area contributed by atoms with E-state index in [0.29, 0.717) is 26.2 Å². The molecule has 1 aromatic heterocycles. The Bertz CT molecular complexity index is 1470. The number of carbonyl (C=O) groups excluding carboxylic acids is 1. The highest BCUT2D eigenvalue weighted by Gasteiger charge is 2.34. The number of ether oxygens (including phenoxy) is 1. The van der Waals surface area contributed by atoms with Crippen LogP contribution < -0.4 is 14.9 Å². The highest BCUT2D eigenvalue weighted by molar-refractivity contribution is 7.07. The fourth-order valence-corrected chi connectivity index (χ4v) is 4.85. The van der Waals surface area contributed by atoms with Crippen molar-refractivity contribution >= 4 is 29.1 Å². The number of rotatable bonds is 5. The van der Waals surface area contributed by atoms with Gasteiger partial charge in [-0.05, 0) is 38.0 Å². The van der Waals surface area contributed by atoms with Crippen LogP contribution in [-0.2, 0) is 9.53 Å². The lowest BCUT2D eigenvalue weighted by molar-refractivity contribution is -0.385. The maximum atomic E-state index is 13.5. The second kappa shape index (κ2) is 8.95. The smallest absolute Gasteiger partial charge is 0.338 e. The number of thiazole rings is 1. The molecule has 0 amide bonds. The predicted octanol–water partition coefficient (Wildman–Crippen LogP) is 3.01. The van der Waals surface area contributed by atoms with Gasteiger partial charge in [0.2, 0.25) is 0 Å². The zero-order valence-electron chi connectivity index (χ0n) is 18.3. The normalized spacial score (nSPS) is 15.7. The summed E-state index contributed by atoms with van der Waals surface area (Å²) in [5, 5.41) is 11.6. The lowest BCUT2D eigenvalue weighted by Gasteiger charge is -2.24. The third-order valence-electron chi connectivity index (χ3n) is 5.36. The van der Waals surface area contributed by atoms with Crippen LogP contribution in [0.5, 0.6) is 0 Å². The lowest BCUT2D eigenvalue weighted by atomic mass is 9.94. The van der Waals surface area contributed by atoms with Gasteiger partial charge in [0.25, 0.3) is 11.2 Å². The maximum Gasteiger partial charge on any atom is 0.338 e. The third kappa shape index (κ3) is 4.14. The van der Waals surface area contributed by atoms with Crippen LogP contribution >= 0.6 is 11.3 Å². The monoisotopic (exact) mass is 463 g/mol. The summed E-state index contributed by atoms with van der Waals surface area (Å²) in [5.41, 5.74) is 1.96. The molecule has 1 atom stereocenters. The van der Waals surface area contributed by atoms with Gasteiger partial charge in [0.05, 0.1) is 33.4 Å². The van der Waals surface area contributed by atoms with Crippen LogP contribution in [0, 0.1) is 17.0 Å². The van der Waals surface area contributed by atoms with E-state index in [1.165, 1.54) is 22.0 Å². The van der Waals surface area contributed by atoms with Crippen molar-refractivity contribution in [3.05, 3.63) is 106 Å². The molecule has 0 fully saturated rings. The number of fused-ring (bicyclic) bond motifs is 1. The molecule has 9 heteroatoms. The average Bonchev–Trinajstić information content (AvgIpc) is 3.08. The molecule has 8 nitrogen and oxygen atoms in total. The average molecular weight is 464 g/mol. The number of nitro groups is 1. The van der Waals surface area contributed by atoms with Gasteiger partial charge in [-0.3, -0.25) is 19.5 Å². The molecule has 4 rings (SSSR count). The van der Waals surface area contributed by atoms with E-state index >= 15 is 0 Å². The summed E-state index contributed by atoms with van der Waals surface area (Å²) in [6.07, 6.45) is 1.77. The minimum atomic E-state index is -0.891. The first-order valence-corrected chi connectivity index (χ1v) is 11.1. The Hall–Kier alpha value is -3.85. The molecular formula is C24H21N3O5S. The first kappa shape index (κ1) is 22.3. The molecular weight excluding hydrogens is 442 g/mol. The van der Waals surface area contributed by atoms with Gasteiger partial charge in [-0.2, -0.15) is 0 Å². The van der Waals surface area contributed by atoms with Gasteiger partial charge < -0.3 is 4.74 Å². The van der Waals surface area contributed by atoms with E-state index in [-0.39, 0.29) is 23.4 Å². The summed E-state index contributed by atoms with van der Waals surface area (Å²) < 4.78 is 7.12. The van der Waals surface area contributed by atoms with E-state index in [2.05, 4.69) is 4.99 Å². The van der Waals surface area contributed by atoms with Crippen LogP contribution in [0.1, 0.15) is 36.6 Å². The van der Waals surface area contributed by atoms with Crippen molar-refractivity contribution in [1.29, 1.82) is 0 Å². The quantitative estimate of drug-likeness (QED) is 0.329. The van der Waals surface area contributed by atoms with Crippen molar-refractivity contribution in [1.82, 2.24) is 4.57 Å². The number of hydrogen-bond acceptors (Lipinski definition) is 7. The second-order valence-electron chi connectivity index (χ2n) is 7.52. The number of aromatic nitrogens is 1. The van der Waals surface area contributed by atoms with Crippen LogP contribution in [0.25, 0.3) is 6.08 Å². The molecule has 0 N–H and O–H groups in total. The number of allylic oxidation sites excluding steroid dienone is 1. The van der Waals surface area contributed by atoms with Crippen molar-refractivity contribution in [2.45, 2.75) is 26.8 Å². The van der Waals surface area contributed by atoms with Gasteiger partial charge in [0, 0.05) is 11.6 Å². The molecule has 0 saturated heterocycles. The predicted molar refractivity (Wildman–Crippen MR) is 125 cm³/mol. The van der Waals surface area contributed by atoms with Gasteiger partial charge in [-0.1, -0.05) is 53.8 Å². The molecule has 0 unspecified atom stereocenters. The fourth-order valence-electron chi connectivity index (χ4n) is 3.80. The molecule has 0 aliphatic carbocycles. The minimum Gasteiger partial charge on any atom is -0.463 e. The van der Waals surface area contributed by atoms with E-state index < -0.39 is 16.9 Å². The van der Waals surface area contributed by atoms with Crippen LogP contribution in [0.3, 0.4) is 0 Å². The van der Waals surface area contributed by atoms with Gasteiger partial charge >= 0.3 is 5.97 Å². The van der Waals surface area contributed by atoms with Gasteiger partial charge in [-0.25, -0.2) is 9.79 Å². The van der Waals surface area contributed by atoms with Crippen LogP contribution in [0.15, 0.2) is 69.6 Å². The summed E-state index contributed by atoms with van der Waals surface area (Å²) in [7, 11) is 0. The van der Waals surface area contributed by atoms with Crippen molar-refractivity contribution < 1.29 is 14.5 Å². The number of carbonyl (C=O) groups is 1. The number of nitrogens with zero attached hydrogens (tertiary/aromatic N) is 3. The molecule has 2 aromatic carbocycles. The zero-order valence-corrected chi connectivity index (χ0v) is 19.1. The van der Waals surface area contributed by atoms with Crippen molar-refractivity contribution in [3.8, 4) is 0 Å². The molecule has 0 bridgehead atoms. The Morgan fingerprint density at radius 2 is 1.97 bits per heavy atom. The molecule has 33 heavy (non-hydrogen) atoms. The second-order valence-corrected chi connectivity index (χ2v) is 8.53. The Kier molecular flexibility index (Phi) is 6.06. The largest absolute Gasteiger partial charge is 0.463 e. The molecule has 0 radical (unpaired) electrons. The summed E-state index contributed by atoms with van der Waals surface area (Å²) >= 11 is 1.21. The highest BCUT2D eigenvalue weighted by Crippen LogP contribution is 2.33. The first-order valence-electron chi connectivity index (χ1n) is 10.3. The van der Waals surface area contributed by atoms with Crippen molar-refractivity contribution in [2.24, 2.45) is 4.99 Å². The molecule has 3 aromatic rings. The Labute approximate surface area is 192 Å². The van der Waals surface area contributed by atoms with Gasteiger partial charge in [0.15, 0.2) is 4.80 Å². The molecule has 1 aliphatic heterocycles. The number of nitro benzene ring substituents is 1. The van der Waals surface area contributed by atoms with Crippen molar-refractivity contribution in [2.75, 3.05) is 6.61 Å². The summed E-state index contributed by atoms with van der Waals surface area (Å²) in [5.74, 6) is -0.607. The molecule has 0 spiro atoms. The van der Waals surface area contributed by atoms with E-state index in [0.717, 1.165) is 5.56 Å². The van der Waals surface area contributed by atoms with Crippen LogP contribution in [-0.4, -0.2) is 22.1 Å². The molecule has 168 valence electrons. The van der Waals surface area contributed by atoms with Gasteiger partial charge in [0.1, 0.15) is 0 Å². The topological polar surface area (TPSA) is 104 Å². The standard InChI is InChI=1S/C24H21N3O5S/c1-4-32-23(29)20-15(3)25-24-26(21(20)17-11-10-14(2)18(13-17)27(30)31)22(28)19(33-24)12-16-8-6-5-7-9-16/h5-13,21H,4H2,1-3H3/b19-12+/t21-/m0/s1. The Morgan fingerprint density at radius 1 is 1.24 bits per heavy atom. The van der Waals surface area contributed by atoms with Crippen molar-refractivity contribution in [3.63, 3.8) is 0 Å². The Balaban J connectivity index is 2.00. The summed E-state index contributed by atoms with van der Waals surface area (Å²) in [6, 6.07) is 13.2. The zero-order chi connectivity index (χ0) is 23.7. The van der Waals surface area contributed by atoms with E-state index in [9.17, 15) is 19.7 Å². The maximum absolute atomic E-state index is 13.5.